The predicted molar refractivity (Wildman–Crippen MR) is 158 cm³/mol. The number of carbonyl (C=O) groups excluding carboxylic acids is 2. The number of likely N-dealkylation sites (N-methyl/N-ethyl adjacent to an activating group) is 1. The quantitative estimate of drug-likeness (QED) is 0.397. The van der Waals surface area contributed by atoms with Crippen LogP contribution in [0.1, 0.15) is 28.5 Å². The highest BCUT2D eigenvalue weighted by molar-refractivity contribution is 7.89. The Morgan fingerprint density at radius 1 is 1.10 bits per heavy atom. The molecular formula is C27H33ClFN7O5S. The van der Waals surface area contributed by atoms with Gasteiger partial charge in [-0.2, -0.15) is 8.99 Å². The van der Waals surface area contributed by atoms with Crippen molar-refractivity contribution in [2.75, 3.05) is 62.3 Å². The minimum absolute atomic E-state index is 0. The standard InChI is InChI=1S/C27H32FN7O5S.ClH/c1-3-40-27(37)35-24-9-10-34(41(38,39)20-6-4-5-18(28)15-20)17-22(24)25(31-35)30-26(36)21-8-7-19(16-23(21)29)33-13-11-32(2)12-14-33;/h4-8,15-16H,3,9-14,17,29H2,1-2H3,(H,30,31,36);1H. The zero-order valence-corrected chi connectivity index (χ0v) is 24.9. The summed E-state index contributed by atoms with van der Waals surface area (Å²) in [4.78, 5) is 30.2. The van der Waals surface area contributed by atoms with E-state index in [-0.39, 0.29) is 60.5 Å². The molecular weight excluding hydrogens is 589 g/mol. The lowest BCUT2D eigenvalue weighted by Crippen LogP contribution is -2.44. The number of hydrogen-bond donors (Lipinski definition) is 2. The van der Waals surface area contributed by atoms with Crippen LogP contribution in [0.2, 0.25) is 0 Å². The molecule has 1 aromatic heterocycles. The van der Waals surface area contributed by atoms with Gasteiger partial charge >= 0.3 is 6.09 Å². The Hall–Kier alpha value is -3.72. The third-order valence-electron chi connectivity index (χ3n) is 7.28. The first kappa shape index (κ1) is 31.2. The Bertz CT molecular complexity index is 1590. The number of sulfonamides is 1. The highest BCUT2D eigenvalue weighted by Gasteiger charge is 2.35. The second kappa shape index (κ2) is 12.7. The van der Waals surface area contributed by atoms with Gasteiger partial charge in [-0.25, -0.2) is 17.6 Å². The Balaban J connectivity index is 0.00000405. The Morgan fingerprint density at radius 3 is 2.50 bits per heavy atom. The van der Waals surface area contributed by atoms with Gasteiger partial charge in [0.15, 0.2) is 5.82 Å². The molecule has 0 radical (unpaired) electrons. The van der Waals surface area contributed by atoms with E-state index >= 15 is 0 Å². The second-order valence-corrected chi connectivity index (χ2v) is 11.9. The molecule has 0 spiro atoms. The van der Waals surface area contributed by atoms with Crippen LogP contribution >= 0.6 is 12.4 Å². The first-order chi connectivity index (χ1) is 19.6. The topological polar surface area (TPSA) is 143 Å². The number of hydrogen-bond acceptors (Lipinski definition) is 9. The third-order valence-corrected chi connectivity index (χ3v) is 9.12. The van der Waals surface area contributed by atoms with Crippen molar-refractivity contribution in [1.82, 2.24) is 19.0 Å². The molecule has 0 atom stereocenters. The van der Waals surface area contributed by atoms with Crippen LogP contribution in [0.4, 0.5) is 26.4 Å². The normalized spacial score (nSPS) is 15.9. The van der Waals surface area contributed by atoms with Gasteiger partial charge in [-0.1, -0.05) is 6.07 Å². The van der Waals surface area contributed by atoms with Crippen molar-refractivity contribution in [1.29, 1.82) is 0 Å². The zero-order valence-electron chi connectivity index (χ0n) is 23.2. The molecule has 0 saturated carbocycles. The highest BCUT2D eigenvalue weighted by atomic mass is 35.5. The number of aromatic nitrogens is 2. The molecule has 0 aliphatic carbocycles. The summed E-state index contributed by atoms with van der Waals surface area (Å²) >= 11 is 0. The van der Waals surface area contributed by atoms with E-state index in [9.17, 15) is 22.4 Å². The number of rotatable bonds is 6. The average molecular weight is 622 g/mol. The van der Waals surface area contributed by atoms with Crippen molar-refractivity contribution in [3.63, 3.8) is 0 Å². The van der Waals surface area contributed by atoms with Crippen molar-refractivity contribution in [2.45, 2.75) is 24.8 Å². The van der Waals surface area contributed by atoms with E-state index in [4.69, 9.17) is 10.5 Å². The fraction of sp³-hybridized carbons (Fsp3) is 0.370. The van der Waals surface area contributed by atoms with Gasteiger partial charge in [0.25, 0.3) is 5.91 Å². The van der Waals surface area contributed by atoms with Crippen LogP contribution < -0.4 is 16.0 Å². The number of nitrogens with one attached hydrogen (secondary N) is 1. The van der Waals surface area contributed by atoms with Gasteiger partial charge in [-0.15, -0.1) is 17.5 Å². The second-order valence-electron chi connectivity index (χ2n) is 9.95. The van der Waals surface area contributed by atoms with Gasteiger partial charge in [0, 0.05) is 62.6 Å². The van der Waals surface area contributed by atoms with E-state index < -0.39 is 27.8 Å². The molecule has 5 rings (SSSR count). The maximum absolute atomic E-state index is 13.8. The summed E-state index contributed by atoms with van der Waals surface area (Å²) < 4.78 is 47.7. The number of fused-ring (bicyclic) bond motifs is 1. The average Bonchev–Trinajstić information content (AvgIpc) is 3.31. The molecule has 2 aliphatic heterocycles. The zero-order chi connectivity index (χ0) is 29.3. The van der Waals surface area contributed by atoms with Crippen LogP contribution in [-0.2, 0) is 27.7 Å². The molecule has 15 heteroatoms. The lowest BCUT2D eigenvalue weighted by molar-refractivity contribution is 0.102. The Morgan fingerprint density at radius 2 is 1.83 bits per heavy atom. The molecule has 2 aromatic carbocycles. The smallest absolute Gasteiger partial charge is 0.434 e. The molecule has 1 fully saturated rings. The van der Waals surface area contributed by atoms with E-state index in [1.807, 2.05) is 6.07 Å². The van der Waals surface area contributed by atoms with Gasteiger partial charge in [-0.05, 0) is 50.4 Å². The fourth-order valence-electron chi connectivity index (χ4n) is 5.01. The monoisotopic (exact) mass is 621 g/mol. The maximum Gasteiger partial charge on any atom is 0.434 e. The summed E-state index contributed by atoms with van der Waals surface area (Å²) in [7, 11) is -2.01. The van der Waals surface area contributed by atoms with E-state index in [1.54, 1.807) is 19.1 Å². The summed E-state index contributed by atoms with van der Waals surface area (Å²) in [6.07, 6.45) is -0.630. The van der Waals surface area contributed by atoms with Crippen molar-refractivity contribution in [3.05, 3.63) is 65.1 Å². The largest absolute Gasteiger partial charge is 0.448 e. The number of nitrogen functional groups attached to an aromatic ring is 1. The number of ether oxygens (including phenoxy) is 1. The van der Waals surface area contributed by atoms with Crippen LogP contribution in [0, 0.1) is 5.82 Å². The van der Waals surface area contributed by atoms with Gasteiger partial charge < -0.3 is 25.6 Å². The molecule has 2 aliphatic rings. The number of amides is 1. The third kappa shape index (κ3) is 6.21. The molecule has 1 amide bonds. The number of halogens is 2. The Kier molecular flexibility index (Phi) is 9.40. The minimum Gasteiger partial charge on any atom is -0.448 e. The minimum atomic E-state index is -4.07. The lowest BCUT2D eigenvalue weighted by atomic mass is 10.1. The SMILES string of the molecule is CCOC(=O)n1nc(NC(=O)c2ccc(N3CCN(C)CC3)cc2N)c2c1CCN(S(=O)(=O)c1cccc(F)c1)C2.Cl. The molecule has 0 bridgehead atoms. The molecule has 3 aromatic rings. The van der Waals surface area contributed by atoms with E-state index in [0.29, 0.717) is 11.3 Å². The summed E-state index contributed by atoms with van der Waals surface area (Å²) in [5.41, 5.74) is 8.43. The van der Waals surface area contributed by atoms with Crippen LogP contribution in [0.5, 0.6) is 0 Å². The molecule has 3 N–H and O–H groups in total. The van der Waals surface area contributed by atoms with Crippen LogP contribution in [0.3, 0.4) is 0 Å². The summed E-state index contributed by atoms with van der Waals surface area (Å²) in [6, 6.07) is 9.96. The number of piperazine rings is 1. The lowest BCUT2D eigenvalue weighted by Gasteiger charge is -2.34. The highest BCUT2D eigenvalue weighted by Crippen LogP contribution is 2.31. The first-order valence-corrected chi connectivity index (χ1v) is 14.7. The van der Waals surface area contributed by atoms with Crippen molar-refractivity contribution in [3.8, 4) is 0 Å². The molecule has 3 heterocycles. The fourth-order valence-corrected chi connectivity index (χ4v) is 6.45. The first-order valence-electron chi connectivity index (χ1n) is 13.3. The van der Waals surface area contributed by atoms with E-state index in [2.05, 4.69) is 27.3 Å². The predicted octanol–water partition coefficient (Wildman–Crippen LogP) is 2.78. The van der Waals surface area contributed by atoms with Gasteiger partial charge in [-0.3, -0.25) is 4.79 Å². The molecule has 0 unspecified atom stereocenters. The number of anilines is 3. The number of carbonyl (C=O) groups is 2. The Labute approximate surface area is 249 Å². The number of benzene rings is 2. The molecule has 1 saturated heterocycles. The van der Waals surface area contributed by atoms with Crippen molar-refractivity contribution < 1.29 is 27.1 Å². The number of nitrogens with zero attached hydrogens (tertiary/aromatic N) is 5. The van der Waals surface area contributed by atoms with Gasteiger partial charge in [0.05, 0.1) is 22.8 Å². The van der Waals surface area contributed by atoms with Gasteiger partial charge in [0.2, 0.25) is 10.0 Å². The van der Waals surface area contributed by atoms with Crippen molar-refractivity contribution in [2.24, 2.45) is 0 Å². The summed E-state index contributed by atoms with van der Waals surface area (Å²) in [6.45, 7) is 5.10. The summed E-state index contributed by atoms with van der Waals surface area (Å²) in [5.74, 6) is -1.23. The van der Waals surface area contributed by atoms with Crippen LogP contribution in [-0.4, -0.2) is 85.8 Å². The van der Waals surface area contributed by atoms with Crippen molar-refractivity contribution >= 4 is 51.6 Å². The van der Waals surface area contributed by atoms with Gasteiger partial charge in [0.1, 0.15) is 5.82 Å². The van der Waals surface area contributed by atoms with Crippen LogP contribution in [0.25, 0.3) is 0 Å². The summed E-state index contributed by atoms with van der Waals surface area (Å²) in [5, 5.41) is 6.99. The number of nitrogens with two attached hydrogens (primary N) is 1. The molecule has 226 valence electrons. The van der Waals surface area contributed by atoms with E-state index in [1.165, 1.54) is 12.1 Å². The molecule has 12 nitrogen and oxygen atoms in total. The van der Waals surface area contributed by atoms with E-state index in [0.717, 1.165) is 53.0 Å². The van der Waals surface area contributed by atoms with Crippen LogP contribution in [0.15, 0.2) is 47.4 Å². The maximum atomic E-state index is 13.8. The molecule has 42 heavy (non-hydrogen) atoms.